The van der Waals surface area contributed by atoms with Crippen LogP contribution < -0.4 is 9.30 Å². The van der Waals surface area contributed by atoms with Crippen molar-refractivity contribution in [2.75, 3.05) is 0 Å². The van der Waals surface area contributed by atoms with E-state index >= 15 is 0 Å². The molecule has 5 heteroatoms. The zero-order valence-electron chi connectivity index (χ0n) is 53.8. The van der Waals surface area contributed by atoms with Crippen molar-refractivity contribution < 1.29 is 34.0 Å². The van der Waals surface area contributed by atoms with Crippen LogP contribution in [0, 0.1) is 6.33 Å². The molecule has 0 aliphatic carbocycles. The molecule has 3 aromatic heterocycles. The van der Waals surface area contributed by atoms with E-state index in [-0.39, 0.29) is 22.1 Å². The van der Waals surface area contributed by atoms with Crippen molar-refractivity contribution in [3.8, 4) is 62.1 Å². The number of hydrogen-bond acceptors (Lipinski definition) is 2. The average Bonchev–Trinajstić information content (AvgIpc) is 1.38. The Bertz CT molecular complexity index is 4150. The molecule has 0 spiro atoms. The maximum atomic E-state index is 9.13. The van der Waals surface area contributed by atoms with Gasteiger partial charge in [0.1, 0.15) is 17.3 Å². The molecular weight excluding hydrogens is 793 g/mol. The van der Waals surface area contributed by atoms with Crippen LogP contribution in [0.3, 0.4) is 0 Å². The fourth-order valence-electron chi connectivity index (χ4n) is 9.31. The Hall–Kier alpha value is -7.24. The molecular formula is C60H54N4O. The Morgan fingerprint density at radius 2 is 1.15 bits per heavy atom. The molecule has 0 unspecified atom stereocenters. The third-order valence-corrected chi connectivity index (χ3v) is 12.4. The Labute approximate surface area is 407 Å². The highest BCUT2D eigenvalue weighted by atomic mass is 16.5. The summed E-state index contributed by atoms with van der Waals surface area (Å²) >= 11 is 0. The Kier molecular flexibility index (Phi) is 5.70. The number of hydrogen-bond donors (Lipinski definition) is 0. The van der Waals surface area contributed by atoms with Crippen molar-refractivity contribution >= 4 is 32.8 Å². The van der Waals surface area contributed by atoms with E-state index in [1.54, 1.807) is 95.7 Å². The van der Waals surface area contributed by atoms with Crippen LogP contribution in [0.25, 0.3) is 83.4 Å². The van der Waals surface area contributed by atoms with Crippen LogP contribution in [0.4, 0.5) is 0 Å². The molecule has 7 aromatic carbocycles. The lowest BCUT2D eigenvalue weighted by Gasteiger charge is -2.30. The van der Waals surface area contributed by atoms with Gasteiger partial charge in [0, 0.05) is 47.7 Å². The summed E-state index contributed by atoms with van der Waals surface area (Å²) in [5.41, 5.74) is -4.99. The van der Waals surface area contributed by atoms with E-state index in [4.69, 9.17) is 34.4 Å². The normalized spacial score (nSPS) is 18.0. The number of benzene rings is 7. The molecule has 10 aromatic rings. The van der Waals surface area contributed by atoms with Gasteiger partial charge in [-0.15, -0.1) is 0 Å². The van der Waals surface area contributed by atoms with Gasteiger partial charge in [0.25, 0.3) is 6.33 Å². The summed E-state index contributed by atoms with van der Waals surface area (Å²) in [5, 5.41) is 1.97. The molecule has 0 bridgehead atoms. The lowest BCUT2D eigenvalue weighted by molar-refractivity contribution is -0.572. The van der Waals surface area contributed by atoms with Crippen molar-refractivity contribution in [1.29, 1.82) is 0 Å². The molecule has 320 valence electrons. The van der Waals surface area contributed by atoms with Gasteiger partial charge >= 0.3 is 0 Å². The van der Waals surface area contributed by atoms with Crippen molar-refractivity contribution in [3.63, 3.8) is 0 Å². The predicted molar refractivity (Wildman–Crippen MR) is 268 cm³/mol. The topological polar surface area (TPSA) is 35.9 Å². The van der Waals surface area contributed by atoms with Gasteiger partial charge in [0.05, 0.1) is 33.4 Å². The smallest absolute Gasteiger partial charge is 0.269 e. The Morgan fingerprint density at radius 1 is 0.523 bits per heavy atom. The van der Waals surface area contributed by atoms with Crippen molar-refractivity contribution in [2.45, 2.75) is 78.1 Å². The highest BCUT2D eigenvalue weighted by molar-refractivity contribution is 6.09. The molecule has 1 aliphatic heterocycles. The maximum absolute atomic E-state index is 9.13. The number of nitrogens with zero attached hydrogens (tertiary/aromatic N) is 4. The van der Waals surface area contributed by atoms with Crippen LogP contribution in [-0.4, -0.2) is 14.1 Å². The molecule has 4 heterocycles. The minimum absolute atomic E-state index is 0.114. The Balaban J connectivity index is 1.23. The van der Waals surface area contributed by atoms with Gasteiger partial charge in [-0.25, -0.2) is 4.98 Å². The average molecular weight is 865 g/mol. The molecule has 0 saturated carbocycles. The number of aromatic nitrogens is 4. The number of ether oxygens (including phenoxy) is 1. The molecule has 5 nitrogen and oxygen atoms in total. The van der Waals surface area contributed by atoms with Crippen LogP contribution in [0.5, 0.6) is 11.5 Å². The molecule has 0 radical (unpaired) electrons. The molecule has 0 N–H and O–H groups in total. The quantitative estimate of drug-likeness (QED) is 0.131. The first-order chi connectivity index (χ1) is 38.6. The number of imidazole rings is 1. The summed E-state index contributed by atoms with van der Waals surface area (Å²) in [4.78, 5) is 4.81. The third kappa shape index (κ3) is 6.75. The SMILES string of the molecule is [2H]C([2H])([2H])C(c1cc2c(c(C(C([2H])([2H])[2H])(C([2H])([2H])[2H])C([2H])([2H])[2H])c1)-[n+]1[c-]n(-c3cccc(Oc4ccc5c6ccccc6n(-c6cc(C(C)(C)C)ccn6)c5c4)c3)c3cccc(c31)-c1ccccc1-c1ccccc1-2)(C([2H])([2H])[2H])C([2H])([2H])[2H]. The Morgan fingerprint density at radius 3 is 1.89 bits per heavy atom. The summed E-state index contributed by atoms with van der Waals surface area (Å²) < 4.78 is 173. The van der Waals surface area contributed by atoms with E-state index in [1.807, 2.05) is 48.5 Å². The fourth-order valence-corrected chi connectivity index (χ4v) is 9.31. The zero-order valence-corrected chi connectivity index (χ0v) is 35.8. The van der Waals surface area contributed by atoms with Crippen molar-refractivity contribution in [1.82, 2.24) is 14.1 Å². The second-order valence-corrected chi connectivity index (χ2v) is 17.7. The van der Waals surface area contributed by atoms with E-state index in [0.29, 0.717) is 51.0 Å². The molecule has 0 saturated heterocycles. The molecule has 0 fully saturated rings. The lowest BCUT2D eigenvalue weighted by Crippen LogP contribution is -2.35. The first-order valence-electron chi connectivity index (χ1n) is 30.3. The predicted octanol–water partition coefficient (Wildman–Crippen LogP) is 15.2. The van der Waals surface area contributed by atoms with E-state index < -0.39 is 68.8 Å². The van der Waals surface area contributed by atoms with Gasteiger partial charge in [-0.1, -0.05) is 165 Å². The monoisotopic (exact) mass is 865 g/mol. The minimum atomic E-state index is -4.04. The molecule has 0 atom stereocenters. The first kappa shape index (κ1) is 25.3. The van der Waals surface area contributed by atoms with Crippen LogP contribution in [0.15, 0.2) is 164 Å². The number of rotatable bonds is 4. The summed E-state index contributed by atoms with van der Waals surface area (Å²) in [5.74, 6) is 1.54. The van der Waals surface area contributed by atoms with Crippen molar-refractivity contribution in [3.05, 3.63) is 187 Å². The summed E-state index contributed by atoms with van der Waals surface area (Å²) in [6, 6.07) is 45.3. The lowest BCUT2D eigenvalue weighted by atomic mass is 9.77. The van der Waals surface area contributed by atoms with Crippen LogP contribution >= 0.6 is 0 Å². The van der Waals surface area contributed by atoms with Gasteiger partial charge in [0.15, 0.2) is 0 Å². The second kappa shape index (κ2) is 14.6. The van der Waals surface area contributed by atoms with Crippen LogP contribution in [0.2, 0.25) is 0 Å². The van der Waals surface area contributed by atoms with Crippen LogP contribution in [-0.2, 0) is 16.2 Å². The van der Waals surface area contributed by atoms with Gasteiger partial charge in [-0.2, -0.15) is 0 Å². The maximum Gasteiger partial charge on any atom is 0.269 e. The van der Waals surface area contributed by atoms with E-state index in [2.05, 4.69) is 43.8 Å². The summed E-state index contributed by atoms with van der Waals surface area (Å²) in [6.45, 7) is -17.6. The van der Waals surface area contributed by atoms with Gasteiger partial charge in [-0.3, -0.25) is 13.7 Å². The highest BCUT2D eigenvalue weighted by Crippen LogP contribution is 2.46. The number of para-hydroxylation sites is 2. The van der Waals surface area contributed by atoms with E-state index in [0.717, 1.165) is 39.3 Å². The molecule has 0 amide bonds. The molecule has 65 heavy (non-hydrogen) atoms. The first-order valence-corrected chi connectivity index (χ1v) is 21.3. The minimum Gasteiger partial charge on any atom is -0.458 e. The van der Waals surface area contributed by atoms with Gasteiger partial charge < -0.3 is 4.74 Å². The van der Waals surface area contributed by atoms with E-state index in [1.165, 1.54) is 4.57 Å². The summed E-state index contributed by atoms with van der Waals surface area (Å²) in [7, 11) is 0. The highest BCUT2D eigenvalue weighted by Gasteiger charge is 2.31. The molecule has 11 rings (SSSR count). The standard InChI is InChI=1S/C60H54N4O/c1-58(2,3)38-30-31-61-55(34-38)64-52-26-15-14-24-47(52)48-29-28-42(36-54(48)64)65-41-19-16-18-40(35-41)62-37-63-56-50(32-39(59(4,5)6)33-51(56)60(7,8)9)46-23-13-11-21-44(46)43-20-10-12-22-45(43)49-25-17-27-53(62)57(49)63/h10-36H,1-9H3/i4D3,5D3,6D3,7D3,8D3,9D3. The van der Waals surface area contributed by atoms with Gasteiger partial charge in [-0.05, 0) is 115 Å². The van der Waals surface area contributed by atoms with E-state index in [9.17, 15) is 0 Å². The summed E-state index contributed by atoms with van der Waals surface area (Å²) in [6.07, 6.45) is 5.13. The largest absolute Gasteiger partial charge is 0.458 e. The van der Waals surface area contributed by atoms with Crippen LogP contribution in [0.1, 0.15) is 103 Å². The zero-order chi connectivity index (χ0) is 60.0. The van der Waals surface area contributed by atoms with Crippen molar-refractivity contribution in [2.24, 2.45) is 0 Å². The van der Waals surface area contributed by atoms with Gasteiger partial charge in [0.2, 0.25) is 0 Å². The second-order valence-electron chi connectivity index (χ2n) is 17.7. The number of fused-ring (bicyclic) bond motifs is 10. The fraction of sp³-hybridized carbons (Fsp3) is 0.200. The third-order valence-electron chi connectivity index (χ3n) is 12.4. The molecule has 1 aliphatic rings. The number of pyridine rings is 1.